The molecule has 5 nitrogen and oxygen atoms in total. The van der Waals surface area contributed by atoms with Crippen LogP contribution in [0.3, 0.4) is 0 Å². The second-order valence-corrected chi connectivity index (χ2v) is 5.86. The first kappa shape index (κ1) is 15.2. The molecule has 0 unspecified atom stereocenters. The zero-order chi connectivity index (χ0) is 16.4. The lowest BCUT2D eigenvalue weighted by Crippen LogP contribution is -2.28. The van der Waals surface area contributed by atoms with Crippen molar-refractivity contribution in [2.24, 2.45) is 0 Å². The molecule has 120 valence electrons. The summed E-state index contributed by atoms with van der Waals surface area (Å²) in [6, 6.07) is 11.6. The van der Waals surface area contributed by atoms with E-state index in [1.54, 1.807) is 11.0 Å². The number of rotatable bonds is 4. The first-order valence-electron chi connectivity index (χ1n) is 7.73. The van der Waals surface area contributed by atoms with E-state index < -0.39 is 0 Å². The molecular formula is C18H21N3O2. The van der Waals surface area contributed by atoms with Gasteiger partial charge in [-0.15, -0.1) is 0 Å². The molecule has 3 N–H and O–H groups in total. The molecule has 23 heavy (non-hydrogen) atoms. The largest absolute Gasteiger partial charge is 0.508 e. The average Bonchev–Trinajstić information content (AvgIpc) is 2.96. The van der Waals surface area contributed by atoms with Crippen molar-refractivity contribution in [1.82, 2.24) is 5.32 Å². The lowest BCUT2D eigenvalue weighted by molar-refractivity contribution is 0.252. The number of carbonyl (C=O) groups is 1. The fraction of sp³-hybridized carbons (Fsp3) is 0.278. The molecule has 5 heteroatoms. The van der Waals surface area contributed by atoms with E-state index in [1.807, 2.05) is 44.2 Å². The number of benzene rings is 2. The summed E-state index contributed by atoms with van der Waals surface area (Å²) in [6.45, 7) is 5.86. The lowest BCUT2D eigenvalue weighted by Gasteiger charge is -2.18. The summed E-state index contributed by atoms with van der Waals surface area (Å²) in [7, 11) is 0. The highest BCUT2D eigenvalue weighted by molar-refractivity contribution is 5.95. The lowest BCUT2D eigenvalue weighted by atomic mass is 10.1. The molecule has 0 aliphatic carbocycles. The summed E-state index contributed by atoms with van der Waals surface area (Å²) in [5.74, 6) is 0.308. The quantitative estimate of drug-likeness (QED) is 0.812. The topological polar surface area (TPSA) is 64.6 Å². The second kappa shape index (κ2) is 6.20. The van der Waals surface area contributed by atoms with E-state index in [2.05, 4.69) is 10.6 Å². The van der Waals surface area contributed by atoms with Gasteiger partial charge in [-0.1, -0.05) is 18.2 Å². The van der Waals surface area contributed by atoms with E-state index in [-0.39, 0.29) is 6.03 Å². The molecule has 2 aromatic rings. The Balaban J connectivity index is 1.75. The zero-order valence-electron chi connectivity index (χ0n) is 13.4. The molecule has 0 aromatic heterocycles. The van der Waals surface area contributed by atoms with E-state index in [0.29, 0.717) is 25.4 Å². The summed E-state index contributed by atoms with van der Waals surface area (Å²) in [6.07, 6.45) is 0. The van der Waals surface area contributed by atoms with Gasteiger partial charge in [-0.05, 0) is 48.7 Å². The summed E-state index contributed by atoms with van der Waals surface area (Å²) in [5, 5.41) is 15.9. The van der Waals surface area contributed by atoms with Gasteiger partial charge in [0.2, 0.25) is 0 Å². The number of nitrogens with one attached hydrogen (secondary N) is 2. The maximum atomic E-state index is 11.9. The van der Waals surface area contributed by atoms with E-state index in [4.69, 9.17) is 0 Å². The Labute approximate surface area is 135 Å². The van der Waals surface area contributed by atoms with Crippen LogP contribution < -0.4 is 15.5 Å². The normalized spacial score (nSPS) is 14.0. The Bertz CT molecular complexity index is 743. The molecule has 1 heterocycles. The summed E-state index contributed by atoms with van der Waals surface area (Å²) in [5.41, 5.74) is 4.82. The van der Waals surface area contributed by atoms with E-state index >= 15 is 0 Å². The van der Waals surface area contributed by atoms with Gasteiger partial charge in [0.25, 0.3) is 0 Å². The van der Waals surface area contributed by atoms with Crippen LogP contribution in [-0.4, -0.2) is 24.2 Å². The predicted octanol–water partition coefficient (Wildman–Crippen LogP) is 3.15. The van der Waals surface area contributed by atoms with Gasteiger partial charge in [-0.3, -0.25) is 4.90 Å². The number of carbonyl (C=O) groups excluding carboxylic acids is 1. The molecule has 1 fully saturated rings. The molecule has 0 bridgehead atoms. The van der Waals surface area contributed by atoms with Crippen molar-refractivity contribution in [2.45, 2.75) is 20.4 Å². The van der Waals surface area contributed by atoms with Crippen LogP contribution in [-0.2, 0) is 6.54 Å². The maximum absolute atomic E-state index is 11.9. The number of aryl methyl sites for hydroxylation is 2. The van der Waals surface area contributed by atoms with Gasteiger partial charge in [0.1, 0.15) is 5.75 Å². The van der Waals surface area contributed by atoms with Crippen LogP contribution >= 0.6 is 0 Å². The fourth-order valence-corrected chi connectivity index (χ4v) is 2.68. The molecule has 2 amide bonds. The number of hydrogen-bond acceptors (Lipinski definition) is 3. The van der Waals surface area contributed by atoms with Gasteiger partial charge in [0.05, 0.1) is 5.69 Å². The van der Waals surface area contributed by atoms with Gasteiger partial charge < -0.3 is 15.7 Å². The Hall–Kier alpha value is -2.69. The van der Waals surface area contributed by atoms with Gasteiger partial charge in [-0.2, -0.15) is 0 Å². The third-order valence-corrected chi connectivity index (χ3v) is 4.13. The Morgan fingerprint density at radius 1 is 1.17 bits per heavy atom. The number of phenolic OH excluding ortho intramolecular Hbond substituents is 1. The highest BCUT2D eigenvalue weighted by atomic mass is 16.3. The van der Waals surface area contributed by atoms with Crippen molar-refractivity contribution in [3.8, 4) is 5.75 Å². The number of amides is 2. The van der Waals surface area contributed by atoms with E-state index in [9.17, 15) is 9.90 Å². The number of hydrogen-bond donors (Lipinski definition) is 3. The van der Waals surface area contributed by atoms with Crippen LogP contribution in [0.4, 0.5) is 16.2 Å². The molecule has 0 radical (unpaired) electrons. The van der Waals surface area contributed by atoms with Crippen LogP contribution in [0.15, 0.2) is 36.4 Å². The number of anilines is 2. The third-order valence-electron chi connectivity index (χ3n) is 4.13. The Kier molecular flexibility index (Phi) is 4.10. The van der Waals surface area contributed by atoms with E-state index in [0.717, 1.165) is 28.1 Å². The first-order chi connectivity index (χ1) is 11.0. The number of phenols is 1. The molecule has 0 atom stereocenters. The second-order valence-electron chi connectivity index (χ2n) is 5.86. The third kappa shape index (κ3) is 3.23. The smallest absolute Gasteiger partial charge is 0.322 e. The van der Waals surface area contributed by atoms with E-state index in [1.165, 1.54) is 0 Å². The Morgan fingerprint density at radius 3 is 2.65 bits per heavy atom. The minimum atomic E-state index is -0.0475. The van der Waals surface area contributed by atoms with Crippen LogP contribution in [0.1, 0.15) is 16.7 Å². The van der Waals surface area contributed by atoms with Gasteiger partial charge >= 0.3 is 6.03 Å². The molecule has 1 saturated heterocycles. The SMILES string of the molecule is Cc1ccc(CNc2ccc(C)c(N3CCNC3=O)c2)cc1O. The fourth-order valence-electron chi connectivity index (χ4n) is 2.68. The van der Waals surface area contributed by atoms with Crippen molar-refractivity contribution >= 4 is 17.4 Å². The van der Waals surface area contributed by atoms with Crippen LogP contribution in [0.25, 0.3) is 0 Å². The molecule has 1 aliphatic heterocycles. The standard InChI is InChI=1S/C18H21N3O2/c1-12-4-6-15(10-16(12)21-8-7-19-18(21)23)20-11-14-5-3-13(2)17(22)9-14/h3-6,9-10,20,22H,7-8,11H2,1-2H3,(H,19,23). The summed E-state index contributed by atoms with van der Waals surface area (Å²) >= 11 is 0. The predicted molar refractivity (Wildman–Crippen MR) is 92.1 cm³/mol. The summed E-state index contributed by atoms with van der Waals surface area (Å²) < 4.78 is 0. The van der Waals surface area contributed by atoms with Crippen molar-refractivity contribution < 1.29 is 9.90 Å². The van der Waals surface area contributed by atoms with Crippen molar-refractivity contribution in [3.63, 3.8) is 0 Å². The Morgan fingerprint density at radius 2 is 1.96 bits per heavy atom. The number of urea groups is 1. The van der Waals surface area contributed by atoms with Gasteiger partial charge in [0.15, 0.2) is 0 Å². The van der Waals surface area contributed by atoms with Crippen LogP contribution in [0.2, 0.25) is 0 Å². The van der Waals surface area contributed by atoms with Gasteiger partial charge in [-0.25, -0.2) is 4.79 Å². The number of aromatic hydroxyl groups is 1. The molecule has 0 spiro atoms. The number of nitrogens with zero attached hydrogens (tertiary/aromatic N) is 1. The van der Waals surface area contributed by atoms with Crippen molar-refractivity contribution in [1.29, 1.82) is 0 Å². The zero-order valence-corrected chi connectivity index (χ0v) is 13.4. The molecule has 0 saturated carbocycles. The molecular weight excluding hydrogens is 290 g/mol. The maximum Gasteiger partial charge on any atom is 0.322 e. The average molecular weight is 311 g/mol. The highest BCUT2D eigenvalue weighted by Gasteiger charge is 2.22. The monoisotopic (exact) mass is 311 g/mol. The minimum Gasteiger partial charge on any atom is -0.508 e. The highest BCUT2D eigenvalue weighted by Crippen LogP contribution is 2.26. The van der Waals surface area contributed by atoms with Gasteiger partial charge in [0, 0.05) is 25.3 Å². The molecule has 2 aromatic carbocycles. The first-order valence-corrected chi connectivity index (χ1v) is 7.73. The molecule has 3 rings (SSSR count). The van der Waals surface area contributed by atoms with Crippen molar-refractivity contribution in [2.75, 3.05) is 23.3 Å². The molecule has 1 aliphatic rings. The minimum absolute atomic E-state index is 0.0475. The van der Waals surface area contributed by atoms with Crippen molar-refractivity contribution in [3.05, 3.63) is 53.1 Å². The summed E-state index contributed by atoms with van der Waals surface area (Å²) in [4.78, 5) is 13.6. The van der Waals surface area contributed by atoms with Crippen LogP contribution in [0, 0.1) is 13.8 Å². The van der Waals surface area contributed by atoms with Crippen LogP contribution in [0.5, 0.6) is 5.75 Å².